The van der Waals surface area contributed by atoms with Gasteiger partial charge in [0.2, 0.25) is 0 Å². The number of aliphatic hydroxyl groups is 1. The van der Waals surface area contributed by atoms with Gasteiger partial charge < -0.3 is 14.7 Å². The predicted molar refractivity (Wildman–Crippen MR) is 112 cm³/mol. The van der Waals surface area contributed by atoms with Gasteiger partial charge in [-0.15, -0.1) is 12.4 Å². The Morgan fingerprint density at radius 3 is 2.48 bits per heavy atom. The van der Waals surface area contributed by atoms with E-state index >= 15 is 0 Å². The predicted octanol–water partition coefficient (Wildman–Crippen LogP) is 3.54. The van der Waals surface area contributed by atoms with Gasteiger partial charge in [-0.05, 0) is 36.1 Å². The average molecular weight is 389 g/mol. The van der Waals surface area contributed by atoms with Gasteiger partial charge in [-0.2, -0.15) is 0 Å². The van der Waals surface area contributed by atoms with Gasteiger partial charge in [-0.3, -0.25) is 4.90 Å². The van der Waals surface area contributed by atoms with Crippen molar-refractivity contribution in [1.82, 2.24) is 4.90 Å². The van der Waals surface area contributed by atoms with Crippen molar-refractivity contribution in [3.05, 3.63) is 59.7 Å². The third-order valence-electron chi connectivity index (χ3n) is 5.90. The molecule has 1 fully saturated rings. The smallest absolute Gasteiger partial charge is 0.142 e. The zero-order valence-electron chi connectivity index (χ0n) is 15.9. The third-order valence-corrected chi connectivity index (χ3v) is 5.90. The van der Waals surface area contributed by atoms with E-state index in [1.165, 1.54) is 11.3 Å². The summed E-state index contributed by atoms with van der Waals surface area (Å²) in [4.78, 5) is 4.91. The minimum absolute atomic E-state index is 0. The summed E-state index contributed by atoms with van der Waals surface area (Å²) in [5.41, 5.74) is 3.63. The second-order valence-electron chi connectivity index (χ2n) is 7.40. The number of para-hydroxylation sites is 2. The van der Waals surface area contributed by atoms with E-state index in [2.05, 4.69) is 40.1 Å². The third kappa shape index (κ3) is 4.23. The number of halogens is 1. The number of rotatable bonds is 4. The van der Waals surface area contributed by atoms with Crippen molar-refractivity contribution in [3.8, 4) is 5.75 Å². The molecule has 146 valence electrons. The van der Waals surface area contributed by atoms with E-state index in [4.69, 9.17) is 4.74 Å². The minimum atomic E-state index is -0.327. The molecular weight excluding hydrogens is 360 g/mol. The molecule has 2 unspecified atom stereocenters. The van der Waals surface area contributed by atoms with Gasteiger partial charge >= 0.3 is 0 Å². The summed E-state index contributed by atoms with van der Waals surface area (Å²) in [5.74, 6) is 1.28. The number of fused-ring (bicyclic) bond motifs is 1. The highest BCUT2D eigenvalue weighted by atomic mass is 35.5. The SMILES string of the molecule is COc1ccccc1N1CCN(CC2CCc3ccccc3C2O)CC1.Cl. The average Bonchev–Trinajstić information content (AvgIpc) is 2.71. The molecule has 0 aromatic heterocycles. The first-order chi connectivity index (χ1) is 12.8. The van der Waals surface area contributed by atoms with Gasteiger partial charge in [-0.25, -0.2) is 0 Å². The number of hydrogen-bond donors (Lipinski definition) is 1. The molecule has 1 N–H and O–H groups in total. The van der Waals surface area contributed by atoms with Crippen LogP contribution in [0.15, 0.2) is 48.5 Å². The number of aliphatic hydroxyl groups excluding tert-OH is 1. The molecule has 27 heavy (non-hydrogen) atoms. The molecule has 1 aliphatic carbocycles. The summed E-state index contributed by atoms with van der Waals surface area (Å²) < 4.78 is 5.51. The number of ether oxygens (including phenoxy) is 1. The molecule has 5 heteroatoms. The van der Waals surface area contributed by atoms with Crippen LogP contribution in [0.25, 0.3) is 0 Å². The maximum atomic E-state index is 10.8. The minimum Gasteiger partial charge on any atom is -0.495 e. The molecule has 0 spiro atoms. The highest BCUT2D eigenvalue weighted by Gasteiger charge is 2.30. The van der Waals surface area contributed by atoms with Crippen LogP contribution in [0, 0.1) is 5.92 Å². The van der Waals surface area contributed by atoms with Crippen molar-refractivity contribution in [2.45, 2.75) is 18.9 Å². The zero-order valence-corrected chi connectivity index (χ0v) is 16.7. The molecule has 0 saturated carbocycles. The topological polar surface area (TPSA) is 35.9 Å². The van der Waals surface area contributed by atoms with Gasteiger partial charge in [0.05, 0.1) is 18.9 Å². The maximum Gasteiger partial charge on any atom is 0.142 e. The van der Waals surface area contributed by atoms with Gasteiger partial charge in [0.1, 0.15) is 5.75 Å². The molecule has 1 heterocycles. The van der Waals surface area contributed by atoms with Crippen LogP contribution in [-0.4, -0.2) is 49.8 Å². The van der Waals surface area contributed by atoms with Crippen LogP contribution in [0.4, 0.5) is 5.69 Å². The van der Waals surface area contributed by atoms with Crippen molar-refractivity contribution < 1.29 is 9.84 Å². The number of hydrogen-bond acceptors (Lipinski definition) is 4. The fourth-order valence-electron chi connectivity index (χ4n) is 4.39. The Labute approximate surface area is 168 Å². The Morgan fingerprint density at radius 2 is 1.70 bits per heavy atom. The number of nitrogens with zero attached hydrogens (tertiary/aromatic N) is 2. The monoisotopic (exact) mass is 388 g/mol. The van der Waals surface area contributed by atoms with E-state index in [1.54, 1.807) is 7.11 Å². The van der Waals surface area contributed by atoms with Crippen LogP contribution in [0.1, 0.15) is 23.7 Å². The molecule has 2 aromatic carbocycles. The molecule has 1 aliphatic heterocycles. The summed E-state index contributed by atoms with van der Waals surface area (Å²) in [6.45, 7) is 5.04. The number of piperazine rings is 1. The first-order valence-electron chi connectivity index (χ1n) is 9.62. The summed E-state index contributed by atoms with van der Waals surface area (Å²) in [6, 6.07) is 16.6. The molecule has 2 aliphatic rings. The lowest BCUT2D eigenvalue weighted by Crippen LogP contribution is -2.48. The molecular formula is C22H29ClN2O2. The molecule has 2 aromatic rings. The highest BCUT2D eigenvalue weighted by molar-refractivity contribution is 5.85. The lowest BCUT2D eigenvalue weighted by atomic mass is 9.81. The van der Waals surface area contributed by atoms with Gasteiger partial charge in [0.25, 0.3) is 0 Å². The van der Waals surface area contributed by atoms with Crippen LogP contribution >= 0.6 is 12.4 Å². The van der Waals surface area contributed by atoms with Crippen molar-refractivity contribution >= 4 is 18.1 Å². The number of aryl methyl sites for hydroxylation is 1. The Bertz CT molecular complexity index is 747. The second-order valence-corrected chi connectivity index (χ2v) is 7.40. The van der Waals surface area contributed by atoms with E-state index in [0.717, 1.165) is 56.9 Å². The Morgan fingerprint density at radius 1 is 1.00 bits per heavy atom. The fraction of sp³-hybridized carbons (Fsp3) is 0.455. The molecule has 0 amide bonds. The van der Waals surface area contributed by atoms with Crippen molar-refractivity contribution in [1.29, 1.82) is 0 Å². The van der Waals surface area contributed by atoms with Crippen LogP contribution < -0.4 is 9.64 Å². The largest absolute Gasteiger partial charge is 0.495 e. The van der Waals surface area contributed by atoms with Crippen LogP contribution in [0.3, 0.4) is 0 Å². The molecule has 0 bridgehead atoms. The number of benzene rings is 2. The van der Waals surface area contributed by atoms with Crippen molar-refractivity contribution in [2.24, 2.45) is 5.92 Å². The standard InChI is InChI=1S/C22H28N2O2.ClH/c1-26-21-9-5-4-8-20(21)24-14-12-23(13-15-24)16-18-11-10-17-6-2-3-7-19(17)22(18)25;/h2-9,18,22,25H,10-16H2,1H3;1H. The summed E-state index contributed by atoms with van der Waals surface area (Å²) in [7, 11) is 1.73. The quantitative estimate of drug-likeness (QED) is 0.869. The first-order valence-corrected chi connectivity index (χ1v) is 9.62. The zero-order chi connectivity index (χ0) is 17.9. The normalized spacial score (nSPS) is 22.7. The summed E-state index contributed by atoms with van der Waals surface area (Å²) in [6.07, 6.45) is 1.83. The first kappa shape index (κ1) is 20.0. The second kappa shape index (κ2) is 8.96. The lowest BCUT2D eigenvalue weighted by Gasteiger charge is -2.40. The molecule has 4 nitrogen and oxygen atoms in total. The number of methoxy groups -OCH3 is 1. The van der Waals surface area contributed by atoms with Crippen LogP contribution in [0.5, 0.6) is 5.75 Å². The van der Waals surface area contributed by atoms with Crippen molar-refractivity contribution in [3.63, 3.8) is 0 Å². The molecule has 0 radical (unpaired) electrons. The van der Waals surface area contributed by atoms with E-state index < -0.39 is 0 Å². The van der Waals surface area contributed by atoms with Gasteiger partial charge in [0, 0.05) is 38.6 Å². The Kier molecular flexibility index (Phi) is 6.64. The van der Waals surface area contributed by atoms with Crippen molar-refractivity contribution in [2.75, 3.05) is 44.7 Å². The van der Waals surface area contributed by atoms with E-state index in [0.29, 0.717) is 5.92 Å². The lowest BCUT2D eigenvalue weighted by molar-refractivity contribution is 0.0642. The van der Waals surface area contributed by atoms with Crippen LogP contribution in [0.2, 0.25) is 0 Å². The summed E-state index contributed by atoms with van der Waals surface area (Å²) in [5, 5.41) is 10.8. The van der Waals surface area contributed by atoms with Gasteiger partial charge in [0.15, 0.2) is 0 Å². The fourth-order valence-corrected chi connectivity index (χ4v) is 4.39. The van der Waals surface area contributed by atoms with E-state index in [9.17, 15) is 5.11 Å². The molecule has 1 saturated heterocycles. The van der Waals surface area contributed by atoms with Crippen LogP contribution in [-0.2, 0) is 6.42 Å². The Hall–Kier alpha value is -1.75. The van der Waals surface area contributed by atoms with E-state index in [1.807, 2.05) is 18.2 Å². The highest BCUT2D eigenvalue weighted by Crippen LogP contribution is 2.35. The van der Waals surface area contributed by atoms with Gasteiger partial charge in [-0.1, -0.05) is 36.4 Å². The van der Waals surface area contributed by atoms with E-state index in [-0.39, 0.29) is 18.5 Å². The summed E-state index contributed by atoms with van der Waals surface area (Å²) >= 11 is 0. The molecule has 2 atom stereocenters. The maximum absolute atomic E-state index is 10.8. The molecule has 4 rings (SSSR count). The number of anilines is 1. The Balaban J connectivity index is 0.00000210.